The van der Waals surface area contributed by atoms with Crippen LogP contribution in [0.2, 0.25) is 0 Å². The minimum atomic E-state index is 1.00. The van der Waals surface area contributed by atoms with Crippen molar-refractivity contribution in [3.05, 3.63) is 0 Å². The topological polar surface area (TPSA) is 60.7 Å². The molecule has 1 aliphatic rings. The minimum Gasteiger partial charge on any atom is -0.400 e. The van der Waals surface area contributed by atoms with E-state index in [9.17, 15) is 0 Å². The zero-order valence-electron chi connectivity index (χ0n) is 18.5. The van der Waals surface area contributed by atoms with Gasteiger partial charge in [-0.3, -0.25) is 0 Å². The lowest BCUT2D eigenvalue weighted by Crippen LogP contribution is -1.85. The molecule has 0 unspecified atom stereocenters. The van der Waals surface area contributed by atoms with E-state index in [0.717, 1.165) is 21.3 Å². The average molecular weight is 377 g/mol. The molecular weight excluding hydrogens is 324 g/mol. The second-order valence-corrected chi connectivity index (χ2v) is 7.07. The van der Waals surface area contributed by atoms with Crippen LogP contribution < -0.4 is 0 Å². The quantitative estimate of drug-likeness (QED) is 0.445. The minimum absolute atomic E-state index is 1.00. The van der Waals surface area contributed by atoms with Crippen LogP contribution in [0.3, 0.4) is 0 Å². The van der Waals surface area contributed by atoms with Crippen molar-refractivity contribution in [3.8, 4) is 0 Å². The number of rotatable bonds is 0. The maximum absolute atomic E-state index is 7.00. The third-order valence-corrected chi connectivity index (χ3v) is 5.00. The first kappa shape index (κ1) is 30.6. The molecule has 0 aromatic rings. The van der Waals surface area contributed by atoms with Crippen LogP contribution in [0.25, 0.3) is 0 Å². The van der Waals surface area contributed by atoms with Crippen molar-refractivity contribution >= 4 is 0 Å². The molecule has 1 rings (SSSR count). The van der Waals surface area contributed by atoms with Crippen molar-refractivity contribution in [1.82, 2.24) is 0 Å². The molecule has 0 aromatic carbocycles. The van der Waals surface area contributed by atoms with Crippen molar-refractivity contribution < 1.29 is 15.3 Å². The van der Waals surface area contributed by atoms with E-state index in [1.54, 1.807) is 0 Å². The molecule has 162 valence electrons. The van der Waals surface area contributed by atoms with Gasteiger partial charge in [-0.15, -0.1) is 0 Å². The molecule has 1 aliphatic carbocycles. The van der Waals surface area contributed by atoms with E-state index in [2.05, 4.69) is 0 Å². The van der Waals surface area contributed by atoms with Gasteiger partial charge in [0.25, 0.3) is 0 Å². The largest absolute Gasteiger partial charge is 0.400 e. The summed E-state index contributed by atoms with van der Waals surface area (Å²) in [4.78, 5) is 0. The fourth-order valence-electron chi connectivity index (χ4n) is 3.54. The highest BCUT2D eigenvalue weighted by molar-refractivity contribution is 4.52. The molecule has 3 heteroatoms. The zero-order valence-corrected chi connectivity index (χ0v) is 18.5. The smallest absolute Gasteiger partial charge is 0.0319 e. The molecule has 0 aliphatic heterocycles. The summed E-state index contributed by atoms with van der Waals surface area (Å²) < 4.78 is 0. The first-order valence-corrected chi connectivity index (χ1v) is 11.3. The van der Waals surface area contributed by atoms with Crippen LogP contribution in [0.15, 0.2) is 0 Å². The van der Waals surface area contributed by atoms with Gasteiger partial charge < -0.3 is 15.3 Å². The van der Waals surface area contributed by atoms with Crippen molar-refractivity contribution in [2.75, 3.05) is 21.3 Å². The second-order valence-electron chi connectivity index (χ2n) is 7.07. The van der Waals surface area contributed by atoms with E-state index in [1.165, 1.54) is 128 Å². The van der Waals surface area contributed by atoms with Gasteiger partial charge in [-0.2, -0.15) is 0 Å². The predicted molar refractivity (Wildman–Crippen MR) is 117 cm³/mol. The van der Waals surface area contributed by atoms with Crippen LogP contribution in [0.4, 0.5) is 0 Å². The van der Waals surface area contributed by atoms with E-state index in [4.69, 9.17) is 15.3 Å². The van der Waals surface area contributed by atoms with Crippen LogP contribution in [0.1, 0.15) is 128 Å². The number of hydrogen-bond acceptors (Lipinski definition) is 3. The highest BCUT2D eigenvalue weighted by Gasteiger charge is 1.96. The SMILES string of the molecule is C1CCCCCCCCCCCCCCCCCCC1.CO.CO.CO. The first-order chi connectivity index (χ1) is 13.0. The van der Waals surface area contributed by atoms with Crippen molar-refractivity contribution in [3.63, 3.8) is 0 Å². The molecule has 0 atom stereocenters. The maximum atomic E-state index is 7.00. The van der Waals surface area contributed by atoms with Crippen LogP contribution in [-0.4, -0.2) is 36.6 Å². The third-order valence-electron chi connectivity index (χ3n) is 5.00. The Bertz CT molecular complexity index is 99.9. The van der Waals surface area contributed by atoms with Gasteiger partial charge in [-0.25, -0.2) is 0 Å². The monoisotopic (exact) mass is 376 g/mol. The van der Waals surface area contributed by atoms with E-state index in [-0.39, 0.29) is 0 Å². The molecule has 3 N–H and O–H groups in total. The molecule has 1 fully saturated rings. The highest BCUT2D eigenvalue weighted by atomic mass is 16.2. The van der Waals surface area contributed by atoms with Gasteiger partial charge in [0.05, 0.1) is 0 Å². The van der Waals surface area contributed by atoms with Gasteiger partial charge in [0.2, 0.25) is 0 Å². The van der Waals surface area contributed by atoms with Crippen molar-refractivity contribution in [2.24, 2.45) is 0 Å². The van der Waals surface area contributed by atoms with Crippen LogP contribution in [0.5, 0.6) is 0 Å². The second kappa shape index (κ2) is 35.9. The molecule has 0 aromatic heterocycles. The Balaban J connectivity index is -0.000000795. The Morgan fingerprint density at radius 3 is 0.269 bits per heavy atom. The fourth-order valence-corrected chi connectivity index (χ4v) is 3.54. The van der Waals surface area contributed by atoms with Gasteiger partial charge in [0, 0.05) is 21.3 Å². The number of aliphatic hydroxyl groups is 3. The Hall–Kier alpha value is -0.120. The van der Waals surface area contributed by atoms with Crippen LogP contribution in [0, 0.1) is 0 Å². The van der Waals surface area contributed by atoms with Gasteiger partial charge in [-0.05, 0) is 0 Å². The van der Waals surface area contributed by atoms with Crippen LogP contribution in [-0.2, 0) is 0 Å². The summed E-state index contributed by atoms with van der Waals surface area (Å²) in [7, 11) is 3.00. The molecule has 0 amide bonds. The number of aliphatic hydroxyl groups excluding tert-OH is 3. The highest BCUT2D eigenvalue weighted by Crippen LogP contribution is 2.16. The summed E-state index contributed by atoms with van der Waals surface area (Å²) >= 11 is 0. The molecule has 26 heavy (non-hydrogen) atoms. The van der Waals surface area contributed by atoms with Gasteiger partial charge in [0.1, 0.15) is 0 Å². The third kappa shape index (κ3) is 31.6. The Morgan fingerprint density at radius 2 is 0.231 bits per heavy atom. The van der Waals surface area contributed by atoms with E-state index < -0.39 is 0 Å². The standard InChI is InChI=1S/C20H40.3CH4O/c1-2-4-6-8-10-12-14-16-18-20-19-17-15-13-11-9-7-5-3-1;3*1-2/h1-20H2;3*2H,1H3. The Kier molecular flexibility index (Phi) is 42.3. The first-order valence-electron chi connectivity index (χ1n) is 11.3. The summed E-state index contributed by atoms with van der Waals surface area (Å²) in [6.45, 7) is 0. The number of hydrogen-bond donors (Lipinski definition) is 3. The molecule has 0 bridgehead atoms. The Morgan fingerprint density at radius 1 is 0.192 bits per heavy atom. The lowest BCUT2D eigenvalue weighted by molar-refractivity contribution is 0.399. The van der Waals surface area contributed by atoms with Crippen LogP contribution >= 0.6 is 0 Å². The molecule has 0 spiro atoms. The zero-order chi connectivity index (χ0) is 20.1. The molecule has 0 saturated heterocycles. The predicted octanol–water partition coefficient (Wildman–Crippen LogP) is 6.63. The summed E-state index contributed by atoms with van der Waals surface area (Å²) in [5.41, 5.74) is 0. The van der Waals surface area contributed by atoms with Gasteiger partial charge >= 0.3 is 0 Å². The van der Waals surface area contributed by atoms with Crippen molar-refractivity contribution in [1.29, 1.82) is 0 Å². The molecule has 1 saturated carbocycles. The average Bonchev–Trinajstić information content (AvgIpc) is 2.72. The molecule has 0 radical (unpaired) electrons. The normalized spacial score (nSPS) is 19.2. The molecular formula is C23H52O3. The lowest BCUT2D eigenvalue weighted by atomic mass is 10.0. The summed E-state index contributed by atoms with van der Waals surface area (Å²) in [5, 5.41) is 21.0. The fraction of sp³-hybridized carbons (Fsp3) is 1.00. The van der Waals surface area contributed by atoms with Gasteiger partial charge in [0.15, 0.2) is 0 Å². The summed E-state index contributed by atoms with van der Waals surface area (Å²) in [6.07, 6.45) is 30.0. The van der Waals surface area contributed by atoms with E-state index in [0.29, 0.717) is 0 Å². The molecule has 0 heterocycles. The maximum Gasteiger partial charge on any atom is 0.0319 e. The van der Waals surface area contributed by atoms with Crippen molar-refractivity contribution in [2.45, 2.75) is 128 Å². The lowest BCUT2D eigenvalue weighted by Gasteiger charge is -2.05. The Labute approximate surface area is 165 Å². The van der Waals surface area contributed by atoms with E-state index in [1.807, 2.05) is 0 Å². The van der Waals surface area contributed by atoms with E-state index >= 15 is 0 Å². The van der Waals surface area contributed by atoms with Gasteiger partial charge in [-0.1, -0.05) is 128 Å². The summed E-state index contributed by atoms with van der Waals surface area (Å²) in [6, 6.07) is 0. The molecule has 3 nitrogen and oxygen atoms in total. The summed E-state index contributed by atoms with van der Waals surface area (Å²) in [5.74, 6) is 0.